The Balaban J connectivity index is 1.25. The molecule has 0 unspecified atom stereocenters. The number of alkyl carbamates (subject to hydrolysis) is 1. The molecule has 11 N–H and O–H groups in total. The molecule has 0 bridgehead atoms. The third-order valence-electron chi connectivity index (χ3n) is 12.1. The first-order chi connectivity index (χ1) is 33.7. The minimum atomic E-state index is -1.34. The van der Waals surface area contributed by atoms with Gasteiger partial charge in [-0.3, -0.25) is 47.9 Å². The van der Waals surface area contributed by atoms with Crippen LogP contribution in [0.2, 0.25) is 0 Å². The lowest BCUT2D eigenvalue weighted by Gasteiger charge is -2.27. The molecular formula is C48H66N10O13. The van der Waals surface area contributed by atoms with Crippen LogP contribution in [-0.4, -0.2) is 145 Å². The van der Waals surface area contributed by atoms with Gasteiger partial charge in [-0.2, -0.15) is 0 Å². The van der Waals surface area contributed by atoms with Crippen LogP contribution in [0.25, 0.3) is 11.1 Å². The van der Waals surface area contributed by atoms with Gasteiger partial charge in [-0.1, -0.05) is 82.6 Å². The minimum absolute atomic E-state index is 0.0555. The highest BCUT2D eigenvalue weighted by atomic mass is 16.5. The first-order valence-electron chi connectivity index (χ1n) is 23.6. The second-order valence-corrected chi connectivity index (χ2v) is 17.9. The number of hydrogen-bond acceptors (Lipinski definition) is 12. The molecular weight excluding hydrogens is 925 g/mol. The largest absolute Gasteiger partial charge is 0.480 e. The van der Waals surface area contributed by atoms with E-state index in [9.17, 15) is 52.7 Å². The average Bonchev–Trinajstić information content (AvgIpc) is 3.96. The molecule has 386 valence electrons. The minimum Gasteiger partial charge on any atom is -0.480 e. The van der Waals surface area contributed by atoms with Crippen LogP contribution in [0.4, 0.5) is 4.79 Å². The molecule has 2 aromatic carbocycles. The van der Waals surface area contributed by atoms with Crippen LogP contribution in [0.3, 0.4) is 0 Å². The quantitative estimate of drug-likeness (QED) is 0.0557. The SMILES string of the molecule is CC[C@H](C)[C@H](NC(=O)CNC(=O)[C@H](CC(C)C)NC(=O)[C@@H]1CCCN1C(=O)CNC(=O)OCC1c2ccccc2-c2ccccc21)C(=O)N[C@@H](C)C(=O)NCC(=O)N[C@@H](CCC(N)=O)C(=O)NCC(=O)O. The Labute approximate surface area is 411 Å². The molecule has 2 aromatic rings. The van der Waals surface area contributed by atoms with E-state index in [1.54, 1.807) is 13.8 Å². The van der Waals surface area contributed by atoms with Crippen molar-refractivity contribution in [2.45, 2.75) is 109 Å². The Bertz CT molecular complexity index is 2260. The van der Waals surface area contributed by atoms with Crippen LogP contribution in [0.1, 0.15) is 90.2 Å². The van der Waals surface area contributed by atoms with E-state index in [0.717, 1.165) is 22.3 Å². The van der Waals surface area contributed by atoms with Gasteiger partial charge in [-0.25, -0.2) is 4.79 Å². The molecule has 1 heterocycles. The lowest BCUT2D eigenvalue weighted by atomic mass is 9.98. The van der Waals surface area contributed by atoms with Crippen LogP contribution >= 0.6 is 0 Å². The highest BCUT2D eigenvalue weighted by Crippen LogP contribution is 2.44. The van der Waals surface area contributed by atoms with E-state index in [-0.39, 0.29) is 44.2 Å². The zero-order chi connectivity index (χ0) is 52.4. The number of amides is 10. The van der Waals surface area contributed by atoms with E-state index in [1.807, 2.05) is 62.4 Å². The summed E-state index contributed by atoms with van der Waals surface area (Å²) in [6.07, 6.45) is 0.0736. The molecule has 1 aliphatic carbocycles. The number of ether oxygens (including phenoxy) is 1. The van der Waals surface area contributed by atoms with Crippen LogP contribution in [0.5, 0.6) is 0 Å². The molecule has 0 aromatic heterocycles. The van der Waals surface area contributed by atoms with Gasteiger partial charge in [0.05, 0.1) is 13.1 Å². The molecule has 6 atom stereocenters. The Morgan fingerprint density at radius 1 is 0.704 bits per heavy atom. The highest BCUT2D eigenvalue weighted by molar-refractivity contribution is 5.97. The van der Waals surface area contributed by atoms with Crippen molar-refractivity contribution < 1.29 is 62.6 Å². The molecule has 1 fully saturated rings. The number of nitrogens with two attached hydrogens (primary N) is 1. The van der Waals surface area contributed by atoms with Gasteiger partial charge in [0.2, 0.25) is 53.2 Å². The van der Waals surface area contributed by atoms with E-state index in [4.69, 9.17) is 15.6 Å². The molecule has 10 amide bonds. The van der Waals surface area contributed by atoms with E-state index in [2.05, 4.69) is 42.5 Å². The van der Waals surface area contributed by atoms with Gasteiger partial charge in [0.25, 0.3) is 0 Å². The molecule has 0 saturated carbocycles. The Morgan fingerprint density at radius 3 is 1.87 bits per heavy atom. The van der Waals surface area contributed by atoms with Crippen LogP contribution < -0.4 is 48.3 Å². The number of fused-ring (bicyclic) bond motifs is 3. The summed E-state index contributed by atoms with van der Waals surface area (Å²) in [5.74, 6) is -8.69. The summed E-state index contributed by atoms with van der Waals surface area (Å²) >= 11 is 0. The van der Waals surface area contributed by atoms with Crippen molar-refractivity contribution >= 4 is 65.2 Å². The van der Waals surface area contributed by atoms with Crippen molar-refractivity contribution in [3.63, 3.8) is 0 Å². The molecule has 0 radical (unpaired) electrons. The Morgan fingerprint density at radius 2 is 1.28 bits per heavy atom. The van der Waals surface area contributed by atoms with Crippen LogP contribution in [0, 0.1) is 11.8 Å². The standard InChI is InChI=1S/C48H66N10O13/c1-6-27(4)42(47(69)54-28(5)43(65)50-21-38(60)55-34(17-18-37(49)59)44(66)52-24-41(63)64)57-39(61)22-51-45(67)35(20-26(2)3)56-46(68)36-16-11-19-58(36)40(62)23-53-48(70)71-25-33-31-14-9-7-12-29(31)30-13-8-10-15-32(30)33/h7-10,12-15,26-28,33-36,42H,6,11,16-25H2,1-5H3,(H2,49,59)(H,50,65)(H,51,67)(H,52,66)(H,53,70)(H,54,69)(H,55,60)(H,56,68)(H,57,61)(H,63,64)/t27-,28-,34-,35-,36-,42-/m0/s1. The third kappa shape index (κ3) is 16.8. The summed E-state index contributed by atoms with van der Waals surface area (Å²) in [6.45, 7) is 6.33. The lowest BCUT2D eigenvalue weighted by molar-refractivity contribution is -0.139. The third-order valence-corrected chi connectivity index (χ3v) is 12.1. The second kappa shape index (κ2) is 27.0. The van der Waals surface area contributed by atoms with E-state index < -0.39 is 128 Å². The first kappa shape index (κ1) is 56.0. The van der Waals surface area contributed by atoms with Crippen molar-refractivity contribution in [3.05, 3.63) is 59.7 Å². The molecule has 2 aliphatic rings. The molecule has 23 nitrogen and oxygen atoms in total. The predicted octanol–water partition coefficient (Wildman–Crippen LogP) is -0.734. The van der Waals surface area contributed by atoms with Crippen molar-refractivity contribution in [1.82, 2.24) is 47.4 Å². The number of nitrogens with one attached hydrogen (secondary N) is 8. The van der Waals surface area contributed by atoms with E-state index >= 15 is 0 Å². The number of benzene rings is 2. The number of carboxylic acids is 1. The van der Waals surface area contributed by atoms with Crippen molar-refractivity contribution in [2.75, 3.05) is 39.3 Å². The fourth-order valence-electron chi connectivity index (χ4n) is 8.20. The number of aliphatic carboxylic acids is 1. The number of nitrogens with zero attached hydrogens (tertiary/aromatic N) is 1. The van der Waals surface area contributed by atoms with Crippen molar-refractivity contribution in [2.24, 2.45) is 17.6 Å². The Hall–Kier alpha value is -7.59. The number of rotatable bonds is 26. The number of likely N-dealkylation sites (tertiary alicyclic amines) is 1. The monoisotopic (exact) mass is 990 g/mol. The van der Waals surface area contributed by atoms with Gasteiger partial charge < -0.3 is 63.0 Å². The van der Waals surface area contributed by atoms with Gasteiger partial charge in [-0.15, -0.1) is 0 Å². The van der Waals surface area contributed by atoms with Crippen LogP contribution in [0.15, 0.2) is 48.5 Å². The maximum atomic E-state index is 13.7. The van der Waals surface area contributed by atoms with E-state index in [0.29, 0.717) is 19.3 Å². The predicted molar refractivity (Wildman–Crippen MR) is 255 cm³/mol. The average molecular weight is 991 g/mol. The van der Waals surface area contributed by atoms with Gasteiger partial charge >= 0.3 is 12.1 Å². The summed E-state index contributed by atoms with van der Waals surface area (Å²) in [5, 5.41) is 28.3. The van der Waals surface area contributed by atoms with Gasteiger partial charge in [0.15, 0.2) is 0 Å². The fourth-order valence-corrected chi connectivity index (χ4v) is 8.20. The number of carboxylic acid groups (broad SMARTS) is 1. The van der Waals surface area contributed by atoms with Crippen molar-refractivity contribution in [3.8, 4) is 11.1 Å². The second-order valence-electron chi connectivity index (χ2n) is 17.9. The molecule has 1 saturated heterocycles. The summed E-state index contributed by atoms with van der Waals surface area (Å²) in [5.41, 5.74) is 9.35. The Kier molecular flexibility index (Phi) is 21.3. The molecule has 4 rings (SSSR count). The zero-order valence-electron chi connectivity index (χ0n) is 40.6. The maximum absolute atomic E-state index is 13.7. The number of carbonyl (C=O) groups is 11. The normalized spacial score (nSPS) is 15.8. The molecule has 71 heavy (non-hydrogen) atoms. The number of hydrogen-bond donors (Lipinski definition) is 10. The van der Waals surface area contributed by atoms with Gasteiger partial charge in [-0.05, 0) is 66.7 Å². The summed E-state index contributed by atoms with van der Waals surface area (Å²) in [7, 11) is 0. The maximum Gasteiger partial charge on any atom is 0.407 e. The number of primary amides is 1. The lowest BCUT2D eigenvalue weighted by Crippen LogP contribution is -2.57. The first-order valence-corrected chi connectivity index (χ1v) is 23.6. The molecule has 23 heteroatoms. The van der Waals surface area contributed by atoms with Crippen molar-refractivity contribution in [1.29, 1.82) is 0 Å². The fraction of sp³-hybridized carbons (Fsp3) is 0.521. The van der Waals surface area contributed by atoms with Gasteiger partial charge in [0, 0.05) is 18.9 Å². The molecule has 0 spiro atoms. The topological polar surface area (TPSA) is 343 Å². The highest BCUT2D eigenvalue weighted by Gasteiger charge is 2.37. The smallest absolute Gasteiger partial charge is 0.407 e. The van der Waals surface area contributed by atoms with Crippen LogP contribution in [-0.2, 0) is 52.7 Å². The summed E-state index contributed by atoms with van der Waals surface area (Å²) in [6, 6.07) is 10.0. The summed E-state index contributed by atoms with van der Waals surface area (Å²) < 4.78 is 5.56. The summed E-state index contributed by atoms with van der Waals surface area (Å²) in [4.78, 5) is 141. The zero-order valence-corrected chi connectivity index (χ0v) is 40.6. The molecule has 1 aliphatic heterocycles. The number of carbonyl (C=O) groups excluding carboxylic acids is 10. The van der Waals surface area contributed by atoms with Gasteiger partial charge in [0.1, 0.15) is 49.9 Å². The van der Waals surface area contributed by atoms with E-state index in [1.165, 1.54) is 11.8 Å².